The highest BCUT2D eigenvalue weighted by molar-refractivity contribution is 5.98. The van der Waals surface area contributed by atoms with Gasteiger partial charge in [-0.05, 0) is 25.5 Å². The van der Waals surface area contributed by atoms with E-state index in [2.05, 4.69) is 15.3 Å². The fourth-order valence-corrected chi connectivity index (χ4v) is 1.97. The van der Waals surface area contributed by atoms with Crippen molar-refractivity contribution in [1.82, 2.24) is 15.3 Å². The highest BCUT2D eigenvalue weighted by Gasteiger charge is 2.14. The third-order valence-corrected chi connectivity index (χ3v) is 3.03. The van der Waals surface area contributed by atoms with Gasteiger partial charge >= 0.3 is 0 Å². The Hall–Kier alpha value is -2.63. The minimum atomic E-state index is -0.260. The second-order valence-electron chi connectivity index (χ2n) is 4.68. The molecule has 0 saturated heterocycles. The molecule has 6 nitrogen and oxygen atoms in total. The molecule has 0 spiro atoms. The monoisotopic (exact) mass is 300 g/mol. The number of hydrogen-bond donors (Lipinski definition) is 2. The van der Waals surface area contributed by atoms with E-state index in [0.717, 1.165) is 12.0 Å². The van der Waals surface area contributed by atoms with Crippen LogP contribution in [0.2, 0.25) is 0 Å². The fourth-order valence-electron chi connectivity index (χ4n) is 1.97. The smallest absolute Gasteiger partial charge is 0.256 e. The Kier molecular flexibility index (Phi) is 5.30. The maximum Gasteiger partial charge on any atom is 0.256 e. The van der Waals surface area contributed by atoms with Gasteiger partial charge in [-0.2, -0.15) is 0 Å². The van der Waals surface area contributed by atoms with Crippen molar-refractivity contribution in [2.45, 2.75) is 20.3 Å². The Morgan fingerprint density at radius 2 is 2.09 bits per heavy atom. The number of aromatic nitrogens is 2. The first-order chi connectivity index (χ1) is 10.7. The highest BCUT2D eigenvalue weighted by atomic mass is 16.5. The summed E-state index contributed by atoms with van der Waals surface area (Å²) in [6.07, 6.45) is 2.30. The highest BCUT2D eigenvalue weighted by Crippen LogP contribution is 2.27. The molecular weight excluding hydrogens is 280 g/mol. The quantitative estimate of drug-likeness (QED) is 0.854. The van der Waals surface area contributed by atoms with Crippen LogP contribution in [-0.4, -0.2) is 29.0 Å². The molecule has 2 aromatic rings. The van der Waals surface area contributed by atoms with Crippen LogP contribution in [0.15, 0.2) is 30.5 Å². The Morgan fingerprint density at radius 1 is 1.32 bits per heavy atom. The fraction of sp³-hybridized carbons (Fsp3) is 0.312. The maximum absolute atomic E-state index is 11.9. The van der Waals surface area contributed by atoms with E-state index in [1.807, 2.05) is 38.1 Å². The molecule has 2 rings (SSSR count). The van der Waals surface area contributed by atoms with Gasteiger partial charge in [0.15, 0.2) is 5.82 Å². The molecule has 1 heterocycles. The first-order valence-corrected chi connectivity index (χ1v) is 7.30. The third-order valence-electron chi connectivity index (χ3n) is 3.03. The van der Waals surface area contributed by atoms with Crippen molar-refractivity contribution >= 4 is 11.7 Å². The molecule has 0 saturated carbocycles. The van der Waals surface area contributed by atoms with E-state index < -0.39 is 0 Å². The van der Waals surface area contributed by atoms with Crippen molar-refractivity contribution < 1.29 is 9.53 Å². The van der Waals surface area contributed by atoms with E-state index in [-0.39, 0.29) is 17.3 Å². The molecule has 1 aromatic carbocycles. The summed E-state index contributed by atoms with van der Waals surface area (Å²) in [5.41, 5.74) is 6.93. The van der Waals surface area contributed by atoms with Gasteiger partial charge in [0.25, 0.3) is 5.91 Å². The Balaban J connectivity index is 2.32. The number of carbonyl (C=O) groups is 1. The van der Waals surface area contributed by atoms with Gasteiger partial charge in [0.2, 0.25) is 0 Å². The van der Waals surface area contributed by atoms with Crippen LogP contribution in [0.5, 0.6) is 5.75 Å². The van der Waals surface area contributed by atoms with Crippen molar-refractivity contribution in [2.24, 2.45) is 0 Å². The lowest BCUT2D eigenvalue weighted by Gasteiger charge is -2.10. The van der Waals surface area contributed by atoms with Crippen LogP contribution in [0.25, 0.3) is 11.4 Å². The normalized spacial score (nSPS) is 10.3. The average Bonchev–Trinajstić information content (AvgIpc) is 2.53. The molecule has 1 aromatic heterocycles. The Morgan fingerprint density at radius 3 is 2.77 bits per heavy atom. The molecule has 0 aliphatic heterocycles. The van der Waals surface area contributed by atoms with Gasteiger partial charge in [0, 0.05) is 12.7 Å². The van der Waals surface area contributed by atoms with Crippen LogP contribution in [-0.2, 0) is 0 Å². The van der Waals surface area contributed by atoms with Crippen LogP contribution in [0.3, 0.4) is 0 Å². The number of para-hydroxylation sites is 1. The third kappa shape index (κ3) is 3.52. The predicted octanol–water partition coefficient (Wildman–Crippen LogP) is 2.26. The molecule has 6 heteroatoms. The van der Waals surface area contributed by atoms with Crippen LogP contribution in [0.1, 0.15) is 30.6 Å². The molecule has 0 bridgehead atoms. The van der Waals surface area contributed by atoms with E-state index in [1.165, 1.54) is 6.20 Å². The SMILES string of the molecule is CCCNC(=O)c1cnc(-c2ccccc2OCC)nc1N. The van der Waals surface area contributed by atoms with Gasteiger partial charge in [0.1, 0.15) is 11.6 Å². The number of anilines is 1. The number of amides is 1. The lowest BCUT2D eigenvalue weighted by atomic mass is 10.1. The molecule has 0 unspecified atom stereocenters. The van der Waals surface area contributed by atoms with E-state index in [1.54, 1.807) is 0 Å². The number of rotatable bonds is 6. The van der Waals surface area contributed by atoms with Crippen LogP contribution < -0.4 is 15.8 Å². The van der Waals surface area contributed by atoms with E-state index in [9.17, 15) is 4.79 Å². The summed E-state index contributed by atoms with van der Waals surface area (Å²) in [6, 6.07) is 7.46. The van der Waals surface area contributed by atoms with Crippen LogP contribution >= 0.6 is 0 Å². The zero-order valence-corrected chi connectivity index (χ0v) is 12.8. The van der Waals surface area contributed by atoms with Crippen molar-refractivity contribution in [1.29, 1.82) is 0 Å². The molecule has 1 amide bonds. The first-order valence-electron chi connectivity index (χ1n) is 7.30. The summed E-state index contributed by atoms with van der Waals surface area (Å²) >= 11 is 0. The maximum atomic E-state index is 11.9. The summed E-state index contributed by atoms with van der Waals surface area (Å²) in [4.78, 5) is 20.4. The molecule has 0 atom stereocenters. The van der Waals surface area contributed by atoms with E-state index in [0.29, 0.717) is 24.7 Å². The zero-order chi connectivity index (χ0) is 15.9. The van der Waals surface area contributed by atoms with Gasteiger partial charge in [-0.1, -0.05) is 19.1 Å². The number of carbonyl (C=O) groups excluding carboxylic acids is 1. The summed E-state index contributed by atoms with van der Waals surface area (Å²) in [6.45, 7) is 5.03. The lowest BCUT2D eigenvalue weighted by Crippen LogP contribution is -2.25. The number of nitrogens with one attached hydrogen (secondary N) is 1. The van der Waals surface area contributed by atoms with Gasteiger partial charge < -0.3 is 15.8 Å². The molecule has 22 heavy (non-hydrogen) atoms. The first kappa shape index (κ1) is 15.8. The molecular formula is C16H20N4O2. The minimum Gasteiger partial charge on any atom is -0.493 e. The predicted molar refractivity (Wildman–Crippen MR) is 85.7 cm³/mol. The molecule has 0 radical (unpaired) electrons. The Bertz CT molecular complexity index is 658. The zero-order valence-electron chi connectivity index (χ0n) is 12.8. The van der Waals surface area contributed by atoms with Gasteiger partial charge in [0.05, 0.1) is 17.7 Å². The van der Waals surface area contributed by atoms with Crippen molar-refractivity contribution in [3.05, 3.63) is 36.0 Å². The number of ether oxygens (including phenoxy) is 1. The van der Waals surface area contributed by atoms with E-state index >= 15 is 0 Å². The second kappa shape index (κ2) is 7.40. The summed E-state index contributed by atoms with van der Waals surface area (Å²) < 4.78 is 5.56. The average molecular weight is 300 g/mol. The lowest BCUT2D eigenvalue weighted by molar-refractivity contribution is 0.0954. The van der Waals surface area contributed by atoms with Crippen molar-refractivity contribution in [3.63, 3.8) is 0 Å². The second-order valence-corrected chi connectivity index (χ2v) is 4.68. The van der Waals surface area contributed by atoms with Gasteiger partial charge in [-0.15, -0.1) is 0 Å². The molecule has 0 fully saturated rings. The largest absolute Gasteiger partial charge is 0.493 e. The summed E-state index contributed by atoms with van der Waals surface area (Å²) in [5.74, 6) is 1.02. The van der Waals surface area contributed by atoms with Crippen LogP contribution in [0, 0.1) is 0 Å². The standard InChI is InChI=1S/C16H20N4O2/c1-3-9-18-16(21)12-10-19-15(20-14(12)17)11-7-5-6-8-13(11)22-4-2/h5-8,10H,3-4,9H2,1-2H3,(H,18,21)(H2,17,19,20). The summed E-state index contributed by atoms with van der Waals surface area (Å²) in [7, 11) is 0. The number of nitrogens with zero attached hydrogens (tertiary/aromatic N) is 2. The van der Waals surface area contributed by atoms with Crippen LogP contribution in [0.4, 0.5) is 5.82 Å². The van der Waals surface area contributed by atoms with Crippen molar-refractivity contribution in [3.8, 4) is 17.1 Å². The van der Waals surface area contributed by atoms with E-state index in [4.69, 9.17) is 10.5 Å². The number of nitrogen functional groups attached to an aromatic ring is 1. The summed E-state index contributed by atoms with van der Waals surface area (Å²) in [5, 5.41) is 2.76. The van der Waals surface area contributed by atoms with Gasteiger partial charge in [-0.25, -0.2) is 9.97 Å². The molecule has 3 N–H and O–H groups in total. The number of nitrogens with two attached hydrogens (primary N) is 1. The van der Waals surface area contributed by atoms with Crippen molar-refractivity contribution in [2.75, 3.05) is 18.9 Å². The topological polar surface area (TPSA) is 90.1 Å². The van der Waals surface area contributed by atoms with Gasteiger partial charge in [-0.3, -0.25) is 4.79 Å². The molecule has 0 aliphatic carbocycles. The minimum absolute atomic E-state index is 0.157. The Labute approximate surface area is 129 Å². The molecule has 116 valence electrons. The number of benzene rings is 1. The number of hydrogen-bond acceptors (Lipinski definition) is 5. The molecule has 0 aliphatic rings.